The zero-order chi connectivity index (χ0) is 16.8. The lowest BCUT2D eigenvalue weighted by atomic mass is 10.1. The van der Waals surface area contributed by atoms with Gasteiger partial charge in [0.2, 0.25) is 0 Å². The molecule has 0 fully saturated rings. The van der Waals surface area contributed by atoms with Crippen LogP contribution in [0.25, 0.3) is 6.08 Å². The molecular formula is C16H10ClN3O3. The molecule has 0 heterocycles. The summed E-state index contributed by atoms with van der Waals surface area (Å²) >= 11 is 5.71. The van der Waals surface area contributed by atoms with Gasteiger partial charge in [0, 0.05) is 11.1 Å². The van der Waals surface area contributed by atoms with Crippen molar-refractivity contribution in [1.82, 2.24) is 0 Å². The molecule has 2 aromatic rings. The molecule has 0 bridgehead atoms. The highest BCUT2D eigenvalue weighted by Crippen LogP contribution is 2.28. The van der Waals surface area contributed by atoms with E-state index >= 15 is 0 Å². The Labute approximate surface area is 136 Å². The Morgan fingerprint density at radius 3 is 2.57 bits per heavy atom. The summed E-state index contributed by atoms with van der Waals surface area (Å²) in [6.07, 6.45) is 1.40. The van der Waals surface area contributed by atoms with Crippen molar-refractivity contribution < 1.29 is 9.72 Å². The van der Waals surface area contributed by atoms with Crippen LogP contribution < -0.4 is 5.32 Å². The Morgan fingerprint density at radius 2 is 1.96 bits per heavy atom. The standard InChI is InChI=1S/C16H10ClN3O3/c17-13-6-7-14(15(9-13)20(22)23)19-16(21)12(10-18)8-11-4-2-1-3-5-11/h1-9H,(H,19,21). The van der Waals surface area contributed by atoms with Gasteiger partial charge in [0.15, 0.2) is 0 Å². The van der Waals surface area contributed by atoms with E-state index < -0.39 is 10.8 Å². The summed E-state index contributed by atoms with van der Waals surface area (Å²) in [5.74, 6) is -0.734. The van der Waals surface area contributed by atoms with Crippen molar-refractivity contribution in [2.75, 3.05) is 5.32 Å². The van der Waals surface area contributed by atoms with Gasteiger partial charge in [-0.05, 0) is 23.8 Å². The molecule has 1 amide bonds. The zero-order valence-corrected chi connectivity index (χ0v) is 12.4. The number of nitrogens with one attached hydrogen (secondary N) is 1. The molecule has 114 valence electrons. The van der Waals surface area contributed by atoms with E-state index in [9.17, 15) is 14.9 Å². The molecular weight excluding hydrogens is 318 g/mol. The largest absolute Gasteiger partial charge is 0.316 e. The van der Waals surface area contributed by atoms with Gasteiger partial charge in [-0.25, -0.2) is 0 Å². The lowest BCUT2D eigenvalue weighted by Crippen LogP contribution is -2.14. The van der Waals surface area contributed by atoms with E-state index in [1.54, 1.807) is 36.4 Å². The van der Waals surface area contributed by atoms with Gasteiger partial charge >= 0.3 is 0 Å². The summed E-state index contributed by atoms with van der Waals surface area (Å²) < 4.78 is 0. The van der Waals surface area contributed by atoms with Crippen molar-refractivity contribution in [2.45, 2.75) is 0 Å². The molecule has 2 aromatic carbocycles. The van der Waals surface area contributed by atoms with Crippen LogP contribution in [-0.2, 0) is 4.79 Å². The maximum absolute atomic E-state index is 12.2. The minimum absolute atomic E-state index is 0.0291. The summed E-state index contributed by atoms with van der Waals surface area (Å²) in [7, 11) is 0. The predicted octanol–water partition coefficient (Wildman–Crippen LogP) is 3.79. The molecule has 0 aliphatic heterocycles. The number of anilines is 1. The van der Waals surface area contributed by atoms with Crippen molar-refractivity contribution in [1.29, 1.82) is 5.26 Å². The molecule has 23 heavy (non-hydrogen) atoms. The van der Waals surface area contributed by atoms with Gasteiger partial charge < -0.3 is 5.32 Å². The average Bonchev–Trinajstić information content (AvgIpc) is 2.55. The van der Waals surface area contributed by atoms with E-state index in [-0.39, 0.29) is 22.0 Å². The zero-order valence-electron chi connectivity index (χ0n) is 11.7. The van der Waals surface area contributed by atoms with Gasteiger partial charge in [-0.1, -0.05) is 41.9 Å². The summed E-state index contributed by atoms with van der Waals surface area (Å²) in [5, 5.41) is 22.7. The number of nitro groups is 1. The number of hydrogen-bond donors (Lipinski definition) is 1. The molecule has 0 aromatic heterocycles. The van der Waals surface area contributed by atoms with Crippen molar-refractivity contribution in [3.05, 3.63) is 74.8 Å². The van der Waals surface area contributed by atoms with Gasteiger partial charge in [0.05, 0.1) is 4.92 Å². The molecule has 7 heteroatoms. The fraction of sp³-hybridized carbons (Fsp3) is 0. The number of benzene rings is 2. The molecule has 0 unspecified atom stereocenters. The van der Waals surface area contributed by atoms with Crippen LogP contribution in [-0.4, -0.2) is 10.8 Å². The minimum atomic E-state index is -0.734. The number of amides is 1. The number of nitriles is 1. The minimum Gasteiger partial charge on any atom is -0.316 e. The second-order valence-electron chi connectivity index (χ2n) is 4.45. The third-order valence-corrected chi connectivity index (χ3v) is 3.12. The number of carbonyl (C=O) groups excluding carboxylic acids is 1. The number of nitro benzene ring substituents is 1. The van der Waals surface area contributed by atoms with Gasteiger partial charge in [-0.3, -0.25) is 14.9 Å². The Morgan fingerprint density at radius 1 is 1.26 bits per heavy atom. The number of rotatable bonds is 4. The first kappa shape index (κ1) is 16.2. The number of nitrogens with zero attached hydrogens (tertiary/aromatic N) is 2. The molecule has 0 radical (unpaired) electrons. The second-order valence-corrected chi connectivity index (χ2v) is 4.89. The highest BCUT2D eigenvalue weighted by molar-refractivity contribution is 6.31. The van der Waals surface area contributed by atoms with Gasteiger partial charge in [-0.15, -0.1) is 0 Å². The van der Waals surface area contributed by atoms with Crippen molar-refractivity contribution in [2.24, 2.45) is 0 Å². The molecule has 0 aliphatic rings. The third kappa shape index (κ3) is 4.15. The van der Waals surface area contributed by atoms with E-state index in [0.717, 1.165) is 6.07 Å². The first-order chi connectivity index (χ1) is 11.0. The first-order valence-electron chi connectivity index (χ1n) is 6.43. The molecule has 0 saturated heterocycles. The summed E-state index contributed by atoms with van der Waals surface area (Å²) in [4.78, 5) is 22.5. The first-order valence-corrected chi connectivity index (χ1v) is 6.81. The van der Waals surface area contributed by atoms with Crippen molar-refractivity contribution >= 4 is 35.0 Å². The van der Waals surface area contributed by atoms with E-state index in [0.29, 0.717) is 5.56 Å². The number of halogens is 1. The van der Waals surface area contributed by atoms with E-state index in [1.807, 2.05) is 0 Å². The SMILES string of the molecule is N#CC(=Cc1ccccc1)C(=O)Nc1ccc(Cl)cc1[N+](=O)[O-]. The van der Waals surface area contributed by atoms with Crippen LogP contribution in [0.4, 0.5) is 11.4 Å². The van der Waals surface area contributed by atoms with Crippen LogP contribution in [0.5, 0.6) is 0 Å². The smallest absolute Gasteiger partial charge is 0.294 e. The molecule has 2 rings (SSSR count). The van der Waals surface area contributed by atoms with E-state index in [2.05, 4.69) is 5.32 Å². The maximum atomic E-state index is 12.2. The Kier molecular flexibility index (Phi) is 5.07. The molecule has 0 aliphatic carbocycles. The normalized spacial score (nSPS) is 10.7. The van der Waals surface area contributed by atoms with E-state index in [1.165, 1.54) is 18.2 Å². The summed E-state index contributed by atoms with van der Waals surface area (Å²) in [6, 6.07) is 14.4. The molecule has 0 saturated carbocycles. The third-order valence-electron chi connectivity index (χ3n) is 2.88. The van der Waals surface area contributed by atoms with Gasteiger partial charge in [0.25, 0.3) is 11.6 Å². The summed E-state index contributed by atoms with van der Waals surface area (Å²) in [6.45, 7) is 0. The molecule has 1 N–H and O–H groups in total. The highest BCUT2D eigenvalue weighted by Gasteiger charge is 2.18. The lowest BCUT2D eigenvalue weighted by molar-refractivity contribution is -0.383. The van der Waals surface area contributed by atoms with Crippen molar-refractivity contribution in [3.8, 4) is 6.07 Å². The number of carbonyl (C=O) groups is 1. The Hall–Kier alpha value is -3.17. The van der Waals surface area contributed by atoms with Gasteiger partial charge in [0.1, 0.15) is 17.3 Å². The fourth-order valence-corrected chi connectivity index (χ4v) is 1.98. The highest BCUT2D eigenvalue weighted by atomic mass is 35.5. The summed E-state index contributed by atoms with van der Waals surface area (Å²) in [5.41, 5.74) is 0.131. The van der Waals surface area contributed by atoms with Crippen LogP contribution in [0.3, 0.4) is 0 Å². The molecule has 0 spiro atoms. The van der Waals surface area contributed by atoms with Crippen molar-refractivity contribution in [3.63, 3.8) is 0 Å². The van der Waals surface area contributed by atoms with Crippen LogP contribution in [0.2, 0.25) is 5.02 Å². The molecule has 6 nitrogen and oxygen atoms in total. The predicted molar refractivity (Wildman–Crippen MR) is 86.8 cm³/mol. The van der Waals surface area contributed by atoms with Crippen LogP contribution in [0.1, 0.15) is 5.56 Å². The average molecular weight is 328 g/mol. The quantitative estimate of drug-likeness (QED) is 0.400. The monoisotopic (exact) mass is 327 g/mol. The van der Waals surface area contributed by atoms with Crippen LogP contribution >= 0.6 is 11.6 Å². The van der Waals surface area contributed by atoms with Crippen LogP contribution in [0.15, 0.2) is 54.1 Å². The topological polar surface area (TPSA) is 96.0 Å². The Balaban J connectivity index is 2.30. The van der Waals surface area contributed by atoms with Crippen LogP contribution in [0, 0.1) is 21.4 Å². The lowest BCUT2D eigenvalue weighted by Gasteiger charge is -2.05. The van der Waals surface area contributed by atoms with Gasteiger partial charge in [-0.2, -0.15) is 5.26 Å². The number of hydrogen-bond acceptors (Lipinski definition) is 4. The molecule has 0 atom stereocenters. The van der Waals surface area contributed by atoms with E-state index in [4.69, 9.17) is 16.9 Å². The second kappa shape index (κ2) is 7.20. The maximum Gasteiger partial charge on any atom is 0.294 e. The Bertz CT molecular complexity index is 826. The fourth-order valence-electron chi connectivity index (χ4n) is 1.82.